The van der Waals surface area contributed by atoms with Crippen LogP contribution in [0.3, 0.4) is 0 Å². The normalized spacial score (nSPS) is 15.5. The number of ether oxygens (including phenoxy) is 1. The Balaban J connectivity index is 1.59. The molecule has 3 rings (SSSR count). The van der Waals surface area contributed by atoms with Crippen molar-refractivity contribution in [3.05, 3.63) is 50.4 Å². The van der Waals surface area contributed by atoms with Gasteiger partial charge < -0.3 is 9.64 Å². The van der Waals surface area contributed by atoms with Crippen molar-refractivity contribution in [3.63, 3.8) is 0 Å². The minimum absolute atomic E-state index is 0.103. The van der Waals surface area contributed by atoms with Crippen LogP contribution in [0, 0.1) is 5.82 Å². The monoisotopic (exact) mass is 412 g/mol. The second-order valence-electron chi connectivity index (χ2n) is 5.62. The minimum Gasteiger partial charge on any atom is -0.497 e. The summed E-state index contributed by atoms with van der Waals surface area (Å²) in [4.78, 5) is 17.8. The fourth-order valence-electron chi connectivity index (χ4n) is 2.73. The number of nitrogens with zero attached hydrogens (tertiary/aromatic N) is 2. The van der Waals surface area contributed by atoms with Crippen molar-refractivity contribution in [3.8, 4) is 5.75 Å². The molecule has 24 heavy (non-hydrogen) atoms. The summed E-state index contributed by atoms with van der Waals surface area (Å²) in [5.41, 5.74) is 0.103. The number of benzene rings is 1. The van der Waals surface area contributed by atoms with Gasteiger partial charge in [0, 0.05) is 43.7 Å². The molecule has 0 saturated carbocycles. The first kappa shape index (κ1) is 17.4. The van der Waals surface area contributed by atoms with E-state index >= 15 is 0 Å². The number of methoxy groups -OCH3 is 1. The predicted molar refractivity (Wildman–Crippen MR) is 96.2 cm³/mol. The minimum atomic E-state index is -0.537. The molecule has 1 aliphatic rings. The molecule has 1 amide bonds. The van der Waals surface area contributed by atoms with Gasteiger partial charge in [0.05, 0.1) is 16.5 Å². The quantitative estimate of drug-likeness (QED) is 0.768. The van der Waals surface area contributed by atoms with E-state index in [0.717, 1.165) is 23.4 Å². The molecule has 0 N–H and O–H groups in total. The zero-order chi connectivity index (χ0) is 17.1. The van der Waals surface area contributed by atoms with Gasteiger partial charge in [0.25, 0.3) is 5.91 Å². The van der Waals surface area contributed by atoms with Gasteiger partial charge >= 0.3 is 0 Å². The zero-order valence-electron chi connectivity index (χ0n) is 13.3. The number of rotatable bonds is 4. The van der Waals surface area contributed by atoms with E-state index in [9.17, 15) is 9.18 Å². The summed E-state index contributed by atoms with van der Waals surface area (Å²) in [5.74, 6) is -0.380. The number of carbonyl (C=O) groups is 1. The van der Waals surface area contributed by atoms with Crippen molar-refractivity contribution in [2.45, 2.75) is 6.54 Å². The van der Waals surface area contributed by atoms with E-state index in [1.165, 1.54) is 24.1 Å². The molecular weight excluding hydrogens is 395 g/mol. The Morgan fingerprint density at radius 3 is 2.58 bits per heavy atom. The maximum absolute atomic E-state index is 14.1. The number of piperazine rings is 1. The second-order valence-corrected chi connectivity index (χ2v) is 8.17. The largest absolute Gasteiger partial charge is 0.497 e. The highest BCUT2D eigenvalue weighted by Crippen LogP contribution is 2.24. The average Bonchev–Trinajstić information content (AvgIpc) is 2.99. The molecule has 0 aliphatic carbocycles. The first-order chi connectivity index (χ1) is 11.6. The lowest BCUT2D eigenvalue weighted by atomic mass is 10.1. The third-order valence-corrected chi connectivity index (χ3v) is 5.68. The molecule has 0 bridgehead atoms. The predicted octanol–water partition coefficient (Wildman–Crippen LogP) is 3.62. The molecular formula is C17H18BrFN2O2S. The fourth-order valence-corrected chi connectivity index (χ4v) is 4.26. The molecule has 1 fully saturated rings. The Morgan fingerprint density at radius 2 is 2.00 bits per heavy atom. The van der Waals surface area contributed by atoms with Crippen molar-refractivity contribution in [2.24, 2.45) is 0 Å². The summed E-state index contributed by atoms with van der Waals surface area (Å²) in [6, 6.07) is 8.51. The van der Waals surface area contributed by atoms with Crippen LogP contribution < -0.4 is 4.74 Å². The van der Waals surface area contributed by atoms with Crippen LogP contribution in [0.4, 0.5) is 4.39 Å². The van der Waals surface area contributed by atoms with Gasteiger partial charge in [0.1, 0.15) is 11.6 Å². The smallest absolute Gasteiger partial charge is 0.256 e. The zero-order valence-corrected chi connectivity index (χ0v) is 15.7. The Kier molecular flexibility index (Phi) is 5.53. The van der Waals surface area contributed by atoms with Gasteiger partial charge in [-0.25, -0.2) is 4.39 Å². The lowest BCUT2D eigenvalue weighted by molar-refractivity contribution is 0.0625. The molecule has 0 radical (unpaired) electrons. The van der Waals surface area contributed by atoms with Crippen molar-refractivity contribution in [2.75, 3.05) is 33.3 Å². The van der Waals surface area contributed by atoms with Crippen LogP contribution in [0.2, 0.25) is 0 Å². The number of amides is 1. The Hall–Kier alpha value is -1.44. The number of thiophene rings is 1. The third-order valence-electron chi connectivity index (χ3n) is 4.07. The summed E-state index contributed by atoms with van der Waals surface area (Å²) >= 11 is 5.19. The van der Waals surface area contributed by atoms with Crippen LogP contribution in [-0.2, 0) is 6.54 Å². The van der Waals surface area contributed by atoms with E-state index in [-0.39, 0.29) is 11.5 Å². The maximum atomic E-state index is 14.1. The summed E-state index contributed by atoms with van der Waals surface area (Å²) in [7, 11) is 1.47. The molecule has 0 unspecified atom stereocenters. The highest BCUT2D eigenvalue weighted by atomic mass is 79.9. The summed E-state index contributed by atoms with van der Waals surface area (Å²) < 4.78 is 20.2. The molecule has 2 heterocycles. The van der Waals surface area contributed by atoms with Gasteiger partial charge in [0.15, 0.2) is 0 Å². The van der Waals surface area contributed by atoms with Crippen molar-refractivity contribution >= 4 is 33.2 Å². The second kappa shape index (κ2) is 7.63. The molecule has 0 atom stereocenters. The van der Waals surface area contributed by atoms with Gasteiger partial charge in [-0.1, -0.05) is 0 Å². The molecule has 0 spiro atoms. The number of hydrogen-bond acceptors (Lipinski definition) is 4. The van der Waals surface area contributed by atoms with E-state index in [4.69, 9.17) is 4.74 Å². The highest BCUT2D eigenvalue weighted by Gasteiger charge is 2.24. The highest BCUT2D eigenvalue weighted by molar-refractivity contribution is 9.11. The Labute approximate surface area is 153 Å². The van der Waals surface area contributed by atoms with Crippen LogP contribution in [-0.4, -0.2) is 49.0 Å². The van der Waals surface area contributed by atoms with Crippen molar-refractivity contribution < 1.29 is 13.9 Å². The molecule has 2 aromatic rings. The average molecular weight is 413 g/mol. The van der Waals surface area contributed by atoms with Crippen LogP contribution in [0.25, 0.3) is 0 Å². The molecule has 1 aliphatic heterocycles. The number of carbonyl (C=O) groups excluding carboxylic acids is 1. The van der Waals surface area contributed by atoms with E-state index < -0.39 is 5.82 Å². The summed E-state index contributed by atoms with van der Waals surface area (Å²) in [5, 5.41) is 0. The van der Waals surface area contributed by atoms with E-state index in [2.05, 4.69) is 26.9 Å². The third kappa shape index (κ3) is 3.96. The van der Waals surface area contributed by atoms with Crippen LogP contribution in [0.1, 0.15) is 15.2 Å². The molecule has 4 nitrogen and oxygen atoms in total. The SMILES string of the molecule is COc1ccc(C(=O)N2CCN(Cc3ccc(Br)s3)CC2)c(F)c1. The van der Waals surface area contributed by atoms with Crippen LogP contribution >= 0.6 is 27.3 Å². The molecule has 1 aromatic heterocycles. The number of halogens is 2. The lowest BCUT2D eigenvalue weighted by Gasteiger charge is -2.34. The molecule has 1 saturated heterocycles. The Bertz CT molecular complexity index is 729. The van der Waals surface area contributed by atoms with Crippen molar-refractivity contribution in [1.29, 1.82) is 0 Å². The molecule has 1 aromatic carbocycles. The van der Waals surface area contributed by atoms with Gasteiger partial charge in [-0.2, -0.15) is 0 Å². The topological polar surface area (TPSA) is 32.8 Å². The molecule has 128 valence electrons. The molecule has 7 heteroatoms. The van der Waals surface area contributed by atoms with E-state index in [1.54, 1.807) is 22.3 Å². The standard InChI is InChI=1S/C17H18BrFN2O2S/c1-23-12-2-4-14(15(19)10-12)17(22)21-8-6-20(7-9-21)11-13-3-5-16(18)24-13/h2-5,10H,6-9,11H2,1H3. The first-order valence-corrected chi connectivity index (χ1v) is 9.27. The van der Waals surface area contributed by atoms with Crippen molar-refractivity contribution in [1.82, 2.24) is 9.80 Å². The summed E-state index contributed by atoms with van der Waals surface area (Å²) in [6.07, 6.45) is 0. The van der Waals surface area contributed by atoms with Crippen LogP contribution in [0.15, 0.2) is 34.1 Å². The van der Waals surface area contributed by atoms with Gasteiger partial charge in [0.2, 0.25) is 0 Å². The fraction of sp³-hybridized carbons (Fsp3) is 0.353. The number of hydrogen-bond donors (Lipinski definition) is 0. The van der Waals surface area contributed by atoms with Crippen LogP contribution in [0.5, 0.6) is 5.75 Å². The van der Waals surface area contributed by atoms with Gasteiger partial charge in [-0.05, 0) is 40.2 Å². The van der Waals surface area contributed by atoms with E-state index in [1.807, 2.05) is 6.07 Å². The van der Waals surface area contributed by atoms with Gasteiger partial charge in [-0.15, -0.1) is 11.3 Å². The lowest BCUT2D eigenvalue weighted by Crippen LogP contribution is -2.48. The van der Waals surface area contributed by atoms with Gasteiger partial charge in [-0.3, -0.25) is 9.69 Å². The summed E-state index contributed by atoms with van der Waals surface area (Å²) in [6.45, 7) is 3.68. The van der Waals surface area contributed by atoms with E-state index in [0.29, 0.717) is 18.8 Å². The Morgan fingerprint density at radius 1 is 1.25 bits per heavy atom. The maximum Gasteiger partial charge on any atom is 0.256 e. The first-order valence-electron chi connectivity index (χ1n) is 7.66.